The summed E-state index contributed by atoms with van der Waals surface area (Å²) in [5.41, 5.74) is 5.29. The minimum Gasteiger partial charge on any atom is -0.392 e. The van der Waals surface area contributed by atoms with Gasteiger partial charge in [0.15, 0.2) is 0 Å². The number of rotatable bonds is 4. The Balaban J connectivity index is 4.22. The van der Waals surface area contributed by atoms with E-state index in [0.29, 0.717) is 6.42 Å². The molecule has 2 N–H and O–H groups in total. The molecule has 0 bridgehead atoms. The summed E-state index contributed by atoms with van der Waals surface area (Å²) in [5, 5.41) is 0. The zero-order valence-electron chi connectivity index (χ0n) is 7.56. The predicted molar refractivity (Wildman–Crippen MR) is 49.5 cm³/mol. The number of halogens is 3. The van der Waals surface area contributed by atoms with E-state index in [1.54, 1.807) is 6.92 Å². The van der Waals surface area contributed by atoms with Crippen LogP contribution in [0.15, 0.2) is 0 Å². The van der Waals surface area contributed by atoms with Gasteiger partial charge in [-0.1, -0.05) is 19.1 Å². The molecule has 1 unspecified atom stereocenters. The summed E-state index contributed by atoms with van der Waals surface area (Å²) in [6.07, 6.45) is -3.71. The molecule has 0 rings (SSSR count). The Bertz CT molecular complexity index is 181. The van der Waals surface area contributed by atoms with Crippen molar-refractivity contribution < 1.29 is 13.2 Å². The lowest BCUT2D eigenvalue weighted by molar-refractivity contribution is -0.145. The topological polar surface area (TPSA) is 29.3 Å². The SMILES string of the molecule is CCC(C(N)=S)N(C)CC(F)(F)F. The normalized spacial score (nSPS) is 14.6. The van der Waals surface area contributed by atoms with E-state index >= 15 is 0 Å². The van der Waals surface area contributed by atoms with Gasteiger partial charge in [-0.2, -0.15) is 13.2 Å². The molecule has 0 aromatic rings. The van der Waals surface area contributed by atoms with Crippen LogP contribution in [0.1, 0.15) is 13.3 Å². The van der Waals surface area contributed by atoms with Gasteiger partial charge in [-0.3, -0.25) is 4.90 Å². The fourth-order valence-electron chi connectivity index (χ4n) is 1.12. The van der Waals surface area contributed by atoms with Crippen LogP contribution in [0.25, 0.3) is 0 Å². The van der Waals surface area contributed by atoms with Crippen LogP contribution in [0.3, 0.4) is 0 Å². The lowest BCUT2D eigenvalue weighted by Gasteiger charge is -2.26. The van der Waals surface area contributed by atoms with Gasteiger partial charge in [-0.05, 0) is 13.5 Å². The molecule has 0 saturated heterocycles. The highest BCUT2D eigenvalue weighted by molar-refractivity contribution is 7.80. The van der Waals surface area contributed by atoms with Gasteiger partial charge in [0.1, 0.15) is 0 Å². The highest BCUT2D eigenvalue weighted by Gasteiger charge is 2.32. The van der Waals surface area contributed by atoms with E-state index in [1.165, 1.54) is 7.05 Å². The van der Waals surface area contributed by atoms with Gasteiger partial charge in [0.05, 0.1) is 17.6 Å². The number of hydrogen-bond acceptors (Lipinski definition) is 2. The lowest BCUT2D eigenvalue weighted by atomic mass is 10.2. The lowest BCUT2D eigenvalue weighted by Crippen LogP contribution is -2.45. The average molecular weight is 214 g/mol. The molecule has 6 heteroatoms. The van der Waals surface area contributed by atoms with E-state index in [2.05, 4.69) is 12.2 Å². The van der Waals surface area contributed by atoms with Crippen molar-refractivity contribution in [1.29, 1.82) is 0 Å². The average Bonchev–Trinajstić information content (AvgIpc) is 1.82. The number of nitrogens with two attached hydrogens (primary N) is 1. The molecule has 13 heavy (non-hydrogen) atoms. The minimum absolute atomic E-state index is 0.106. The van der Waals surface area contributed by atoms with Crippen molar-refractivity contribution in [2.24, 2.45) is 5.73 Å². The first-order valence-corrected chi connectivity index (χ1v) is 4.25. The summed E-state index contributed by atoms with van der Waals surface area (Å²) in [4.78, 5) is 1.22. The Morgan fingerprint density at radius 3 is 2.23 bits per heavy atom. The smallest absolute Gasteiger partial charge is 0.392 e. The van der Waals surface area contributed by atoms with Crippen molar-refractivity contribution in [1.82, 2.24) is 4.90 Å². The zero-order valence-corrected chi connectivity index (χ0v) is 8.37. The molecule has 0 aliphatic heterocycles. The Morgan fingerprint density at radius 2 is 2.00 bits per heavy atom. The third-order valence-electron chi connectivity index (χ3n) is 1.68. The van der Waals surface area contributed by atoms with Crippen molar-refractivity contribution >= 4 is 17.2 Å². The number of alkyl halides is 3. The molecule has 0 aliphatic rings. The highest BCUT2D eigenvalue weighted by Crippen LogP contribution is 2.17. The second kappa shape index (κ2) is 4.76. The molecule has 2 nitrogen and oxygen atoms in total. The largest absolute Gasteiger partial charge is 0.401 e. The van der Waals surface area contributed by atoms with Gasteiger partial charge >= 0.3 is 6.18 Å². The van der Waals surface area contributed by atoms with E-state index in [1.807, 2.05) is 0 Å². The maximum Gasteiger partial charge on any atom is 0.401 e. The summed E-state index contributed by atoms with van der Waals surface area (Å²) in [6, 6.07) is -0.475. The monoisotopic (exact) mass is 214 g/mol. The number of likely N-dealkylation sites (N-methyl/N-ethyl adjacent to an activating group) is 1. The molecular weight excluding hydrogens is 201 g/mol. The van der Waals surface area contributed by atoms with Gasteiger partial charge in [0.2, 0.25) is 0 Å². The van der Waals surface area contributed by atoms with Crippen LogP contribution in [0, 0.1) is 0 Å². The summed E-state index contributed by atoms with van der Waals surface area (Å²) in [5.74, 6) is 0. The van der Waals surface area contributed by atoms with Gasteiger partial charge in [-0.25, -0.2) is 0 Å². The first-order chi connectivity index (χ1) is 5.78. The fourth-order valence-corrected chi connectivity index (χ4v) is 1.47. The van der Waals surface area contributed by atoms with Crippen LogP contribution in [0.4, 0.5) is 13.2 Å². The maximum atomic E-state index is 11.9. The molecule has 0 amide bonds. The Kier molecular flexibility index (Phi) is 4.63. The fraction of sp³-hybridized carbons (Fsp3) is 0.857. The molecule has 78 valence electrons. The molecule has 0 radical (unpaired) electrons. The van der Waals surface area contributed by atoms with Crippen LogP contribution < -0.4 is 5.73 Å². The number of hydrogen-bond donors (Lipinski definition) is 1. The number of nitrogens with zero attached hydrogens (tertiary/aromatic N) is 1. The first-order valence-electron chi connectivity index (χ1n) is 3.84. The van der Waals surface area contributed by atoms with E-state index in [0.717, 1.165) is 4.90 Å². The predicted octanol–water partition coefficient (Wildman–Crippen LogP) is 1.55. The maximum absolute atomic E-state index is 11.9. The first kappa shape index (κ1) is 12.6. The molecule has 0 aromatic carbocycles. The van der Waals surface area contributed by atoms with Crippen molar-refractivity contribution in [2.45, 2.75) is 25.6 Å². The van der Waals surface area contributed by atoms with E-state index in [-0.39, 0.29) is 4.99 Å². The molecule has 0 heterocycles. The zero-order chi connectivity index (χ0) is 10.6. The molecule has 0 fully saturated rings. The van der Waals surface area contributed by atoms with Gasteiger partial charge in [-0.15, -0.1) is 0 Å². The van der Waals surface area contributed by atoms with E-state index in [9.17, 15) is 13.2 Å². The summed E-state index contributed by atoms with van der Waals surface area (Å²) in [7, 11) is 1.36. The third kappa shape index (κ3) is 5.05. The molecule has 0 aliphatic carbocycles. The quantitative estimate of drug-likeness (QED) is 0.720. The van der Waals surface area contributed by atoms with Gasteiger partial charge < -0.3 is 5.73 Å². The van der Waals surface area contributed by atoms with Gasteiger partial charge in [0, 0.05) is 0 Å². The summed E-state index contributed by atoms with van der Waals surface area (Å²) < 4.78 is 35.8. The van der Waals surface area contributed by atoms with Gasteiger partial charge in [0.25, 0.3) is 0 Å². The van der Waals surface area contributed by atoms with Crippen molar-refractivity contribution in [2.75, 3.05) is 13.6 Å². The molecule has 0 saturated carbocycles. The molecular formula is C7H13F3N2S. The second-order valence-electron chi connectivity index (χ2n) is 2.86. The summed E-state index contributed by atoms with van der Waals surface area (Å²) >= 11 is 4.65. The van der Waals surface area contributed by atoms with E-state index < -0.39 is 18.8 Å². The second-order valence-corrected chi connectivity index (χ2v) is 3.33. The van der Waals surface area contributed by atoms with Crippen molar-refractivity contribution in [3.8, 4) is 0 Å². The molecule has 0 aromatic heterocycles. The van der Waals surface area contributed by atoms with Crippen molar-refractivity contribution in [3.05, 3.63) is 0 Å². The minimum atomic E-state index is -4.20. The molecule has 1 atom stereocenters. The summed E-state index contributed by atoms with van der Waals surface area (Å²) in [6.45, 7) is 0.763. The van der Waals surface area contributed by atoms with Crippen LogP contribution in [0.5, 0.6) is 0 Å². The van der Waals surface area contributed by atoms with E-state index in [4.69, 9.17) is 5.73 Å². The Labute approximate surface area is 80.9 Å². The Morgan fingerprint density at radius 1 is 1.54 bits per heavy atom. The van der Waals surface area contributed by atoms with Crippen LogP contribution in [-0.4, -0.2) is 35.7 Å². The highest BCUT2D eigenvalue weighted by atomic mass is 32.1. The van der Waals surface area contributed by atoms with Crippen molar-refractivity contribution in [3.63, 3.8) is 0 Å². The van der Waals surface area contributed by atoms with Crippen LogP contribution in [-0.2, 0) is 0 Å². The third-order valence-corrected chi connectivity index (χ3v) is 1.95. The Hall–Kier alpha value is -0.360. The molecule has 0 spiro atoms. The standard InChI is InChI=1S/C7H13F3N2S/c1-3-5(6(11)13)12(2)4-7(8,9)10/h5H,3-4H2,1-2H3,(H2,11,13). The number of thiocarbonyl (C=S) groups is 1. The van der Waals surface area contributed by atoms with Crippen LogP contribution in [0.2, 0.25) is 0 Å². The van der Waals surface area contributed by atoms with Crippen LogP contribution >= 0.6 is 12.2 Å².